The van der Waals surface area contributed by atoms with Crippen molar-refractivity contribution in [1.29, 1.82) is 0 Å². The van der Waals surface area contributed by atoms with Gasteiger partial charge in [0.25, 0.3) is 0 Å². The van der Waals surface area contributed by atoms with Gasteiger partial charge in [0.15, 0.2) is 6.29 Å². The summed E-state index contributed by atoms with van der Waals surface area (Å²) in [6.07, 6.45) is -0.589. The fraction of sp³-hybridized carbons (Fsp3) is 0.250. The van der Waals surface area contributed by atoms with E-state index in [1.165, 1.54) is 4.90 Å². The molecule has 4 nitrogen and oxygen atoms in total. The van der Waals surface area contributed by atoms with E-state index in [1.54, 1.807) is 0 Å². The molecule has 0 spiro atoms. The molecule has 0 bridgehead atoms. The number of ether oxygens (including phenoxy) is 2. The van der Waals surface area contributed by atoms with Gasteiger partial charge in [-0.05, 0) is 39.9 Å². The Morgan fingerprint density at radius 3 is 2.16 bits per heavy atom. The van der Waals surface area contributed by atoms with Crippen LogP contribution in [0.3, 0.4) is 0 Å². The average Bonchev–Trinajstić information content (AvgIpc) is 2.97. The molecule has 1 aliphatic rings. The summed E-state index contributed by atoms with van der Waals surface area (Å²) in [5.74, 6) is 0.987. The molecule has 1 fully saturated rings. The lowest BCUT2D eigenvalue weighted by Crippen LogP contribution is -2.38. The highest BCUT2D eigenvalue weighted by atomic mass is 32.2. The Morgan fingerprint density at radius 2 is 1.46 bits per heavy atom. The Balaban J connectivity index is 1.40. The zero-order valence-electron chi connectivity index (χ0n) is 21.0. The predicted molar refractivity (Wildman–Crippen MR) is 150 cm³/mol. The van der Waals surface area contributed by atoms with Gasteiger partial charge in [0.1, 0.15) is 0 Å². The summed E-state index contributed by atoms with van der Waals surface area (Å²) in [7, 11) is 0. The van der Waals surface area contributed by atoms with Crippen LogP contribution in [-0.2, 0) is 22.6 Å². The number of hydrogen-bond donors (Lipinski definition) is 2. The molecule has 4 unspecified atom stereocenters. The van der Waals surface area contributed by atoms with E-state index in [9.17, 15) is 5.11 Å². The molecule has 5 heteroatoms. The van der Waals surface area contributed by atoms with Gasteiger partial charge in [0, 0.05) is 28.7 Å². The first-order valence-corrected chi connectivity index (χ1v) is 13.7. The summed E-state index contributed by atoms with van der Waals surface area (Å²) in [4.78, 5) is 1.23. The van der Waals surface area contributed by atoms with Crippen molar-refractivity contribution >= 4 is 11.8 Å². The van der Waals surface area contributed by atoms with Gasteiger partial charge in [-0.25, -0.2) is 0 Å². The molecule has 190 valence electrons. The predicted octanol–water partition coefficient (Wildman–Crippen LogP) is 6.89. The molecule has 0 saturated carbocycles. The number of aliphatic hydroxyl groups excluding tert-OH is 1. The van der Waals surface area contributed by atoms with E-state index in [0.29, 0.717) is 6.54 Å². The molecular formula is C32H33NO3S. The van der Waals surface area contributed by atoms with Gasteiger partial charge in [-0.15, -0.1) is 11.8 Å². The van der Waals surface area contributed by atoms with Gasteiger partial charge in [0.05, 0.1) is 18.8 Å². The molecule has 4 aromatic rings. The van der Waals surface area contributed by atoms with Crippen molar-refractivity contribution < 1.29 is 14.6 Å². The van der Waals surface area contributed by atoms with Crippen LogP contribution in [0.1, 0.15) is 41.6 Å². The maximum absolute atomic E-state index is 9.48. The first-order valence-electron chi connectivity index (χ1n) is 12.7. The van der Waals surface area contributed by atoms with E-state index >= 15 is 0 Å². The van der Waals surface area contributed by atoms with Gasteiger partial charge in [-0.2, -0.15) is 0 Å². The maximum atomic E-state index is 9.48. The van der Waals surface area contributed by atoms with Crippen LogP contribution in [0.4, 0.5) is 0 Å². The third-order valence-corrected chi connectivity index (χ3v) is 8.11. The quantitative estimate of drug-likeness (QED) is 0.252. The van der Waals surface area contributed by atoms with Gasteiger partial charge in [-0.3, -0.25) is 0 Å². The SMILES string of the molecule is CC1C(CSc2ccccc2)OC(c2ccc(-c3ccccc3CN)cc2)OC1c1ccc(CO)cc1. The van der Waals surface area contributed by atoms with Crippen LogP contribution in [0.25, 0.3) is 11.1 Å². The number of hydrogen-bond acceptors (Lipinski definition) is 5. The van der Waals surface area contributed by atoms with E-state index in [1.807, 2.05) is 42.1 Å². The van der Waals surface area contributed by atoms with Crippen LogP contribution < -0.4 is 5.73 Å². The third-order valence-electron chi connectivity index (χ3n) is 7.01. The first kappa shape index (κ1) is 25.7. The van der Waals surface area contributed by atoms with E-state index < -0.39 is 6.29 Å². The van der Waals surface area contributed by atoms with Crippen LogP contribution in [-0.4, -0.2) is 17.0 Å². The van der Waals surface area contributed by atoms with Crippen molar-refractivity contribution in [3.63, 3.8) is 0 Å². The normalized spacial score (nSPS) is 21.6. The molecule has 3 N–H and O–H groups in total. The second-order valence-electron chi connectivity index (χ2n) is 9.43. The minimum Gasteiger partial charge on any atom is -0.392 e. The van der Waals surface area contributed by atoms with Crippen LogP contribution in [0.15, 0.2) is 108 Å². The molecule has 4 atom stereocenters. The van der Waals surface area contributed by atoms with Crippen LogP contribution in [0.5, 0.6) is 0 Å². The second kappa shape index (κ2) is 12.1. The molecule has 1 aliphatic heterocycles. The van der Waals surface area contributed by atoms with E-state index in [4.69, 9.17) is 15.2 Å². The lowest BCUT2D eigenvalue weighted by atomic mass is 9.91. The topological polar surface area (TPSA) is 64.7 Å². The van der Waals surface area contributed by atoms with E-state index in [0.717, 1.165) is 39.1 Å². The van der Waals surface area contributed by atoms with Crippen LogP contribution in [0, 0.1) is 5.92 Å². The molecule has 1 saturated heterocycles. The number of thioether (sulfide) groups is 1. The smallest absolute Gasteiger partial charge is 0.184 e. The summed E-state index contributed by atoms with van der Waals surface area (Å²) < 4.78 is 13.2. The molecular weight excluding hydrogens is 478 g/mol. The number of rotatable bonds is 8. The highest BCUT2D eigenvalue weighted by Crippen LogP contribution is 2.43. The standard InChI is InChI=1S/C32H33NO3S/c1-22-30(21-37-28-8-3-2-4-9-28)35-32(36-31(22)25-13-11-23(20-34)12-14-25)26-17-15-24(16-18-26)29-10-6-5-7-27(29)19-33/h2-18,22,30-32,34H,19-21,33H2,1H3. The van der Waals surface area contributed by atoms with Crippen LogP contribution >= 0.6 is 11.8 Å². The monoisotopic (exact) mass is 511 g/mol. The maximum Gasteiger partial charge on any atom is 0.184 e. The lowest BCUT2D eigenvalue weighted by molar-refractivity contribution is -0.268. The molecule has 5 rings (SSSR count). The molecule has 0 aromatic heterocycles. The largest absolute Gasteiger partial charge is 0.392 e. The average molecular weight is 512 g/mol. The van der Waals surface area contributed by atoms with Crippen LogP contribution in [0.2, 0.25) is 0 Å². The second-order valence-corrected chi connectivity index (χ2v) is 10.5. The van der Waals surface area contributed by atoms with Gasteiger partial charge in [-0.1, -0.05) is 97.9 Å². The van der Waals surface area contributed by atoms with Crippen molar-refractivity contribution in [2.24, 2.45) is 11.7 Å². The van der Waals surface area contributed by atoms with Crippen molar-refractivity contribution in [3.8, 4) is 11.1 Å². The Labute approximate surface area is 223 Å². The van der Waals surface area contributed by atoms with E-state index in [-0.39, 0.29) is 24.7 Å². The van der Waals surface area contributed by atoms with Gasteiger partial charge in [0.2, 0.25) is 0 Å². The molecule has 37 heavy (non-hydrogen) atoms. The van der Waals surface area contributed by atoms with E-state index in [2.05, 4.69) is 79.7 Å². The first-order chi connectivity index (χ1) is 18.2. The van der Waals surface area contributed by atoms with Gasteiger partial charge >= 0.3 is 0 Å². The molecule has 1 heterocycles. The fourth-order valence-corrected chi connectivity index (χ4v) is 5.89. The zero-order chi connectivity index (χ0) is 25.6. The Bertz CT molecular complexity index is 1280. The number of nitrogens with two attached hydrogens (primary N) is 1. The summed E-state index contributed by atoms with van der Waals surface area (Å²) in [6.45, 7) is 2.73. The Hall–Kier alpha value is -2.93. The lowest BCUT2D eigenvalue weighted by Gasteiger charge is -2.41. The zero-order valence-corrected chi connectivity index (χ0v) is 21.8. The highest BCUT2D eigenvalue weighted by Gasteiger charge is 2.38. The van der Waals surface area contributed by atoms with Crippen molar-refractivity contribution in [2.45, 2.75) is 43.5 Å². The molecule has 4 aromatic carbocycles. The summed E-state index contributed by atoms with van der Waals surface area (Å²) in [5, 5.41) is 9.48. The van der Waals surface area contributed by atoms with Gasteiger partial charge < -0.3 is 20.3 Å². The molecule has 0 radical (unpaired) electrons. The van der Waals surface area contributed by atoms with Crippen molar-refractivity contribution in [3.05, 3.63) is 125 Å². The Morgan fingerprint density at radius 1 is 0.784 bits per heavy atom. The molecule has 0 aliphatic carbocycles. The number of aliphatic hydroxyl groups is 1. The third kappa shape index (κ3) is 5.98. The fourth-order valence-electron chi connectivity index (χ4n) is 4.80. The number of benzene rings is 4. The minimum atomic E-state index is -0.473. The summed E-state index contributed by atoms with van der Waals surface area (Å²) in [5.41, 5.74) is 12.3. The summed E-state index contributed by atoms with van der Waals surface area (Å²) in [6, 6.07) is 35.1. The minimum absolute atomic E-state index is 0.00381. The Kier molecular flexibility index (Phi) is 8.39. The molecule has 0 amide bonds. The highest BCUT2D eigenvalue weighted by molar-refractivity contribution is 7.99. The summed E-state index contributed by atoms with van der Waals surface area (Å²) >= 11 is 1.81. The van der Waals surface area contributed by atoms with Crippen molar-refractivity contribution in [1.82, 2.24) is 0 Å². The van der Waals surface area contributed by atoms with Crippen molar-refractivity contribution in [2.75, 3.05) is 5.75 Å².